The van der Waals surface area contributed by atoms with E-state index < -0.39 is 5.60 Å². The van der Waals surface area contributed by atoms with Crippen LogP contribution in [0.5, 0.6) is 5.75 Å². The topological polar surface area (TPSA) is 50.8 Å². The monoisotopic (exact) mass is 418 g/mol. The average molecular weight is 419 g/mol. The van der Waals surface area contributed by atoms with E-state index in [1.165, 1.54) is 25.9 Å². The fourth-order valence-corrected chi connectivity index (χ4v) is 4.15. The number of nitrogens with zero attached hydrogens (tertiary/aromatic N) is 1. The number of nitrogens with one attached hydrogen (secondary N) is 1. The number of unbranched alkanes of at least 4 members (excludes halogenated alkanes) is 2. The molecule has 1 aliphatic heterocycles. The van der Waals surface area contributed by atoms with Crippen molar-refractivity contribution in [1.29, 1.82) is 0 Å². The second kappa shape index (κ2) is 13.0. The number of hydrogen-bond donors (Lipinski definition) is 1. The second-order valence-corrected chi connectivity index (χ2v) is 8.85. The Morgan fingerprint density at radius 3 is 2.63 bits per heavy atom. The number of rotatable bonds is 13. The molecule has 0 saturated carbocycles. The fraction of sp³-hybridized carbons (Fsp3) is 0.720. The molecule has 1 aromatic carbocycles. The van der Waals surface area contributed by atoms with Gasteiger partial charge in [0.25, 0.3) is 5.91 Å². The molecule has 170 valence electrons. The predicted octanol–water partition coefficient (Wildman–Crippen LogP) is 5.50. The lowest BCUT2D eigenvalue weighted by atomic mass is 9.96. The molecule has 1 aliphatic rings. The number of anilines is 1. The van der Waals surface area contributed by atoms with Crippen LogP contribution in [0.15, 0.2) is 24.3 Å². The summed E-state index contributed by atoms with van der Waals surface area (Å²) >= 11 is 0. The maximum Gasteiger partial charge on any atom is 0.256 e. The molecule has 0 aromatic heterocycles. The summed E-state index contributed by atoms with van der Waals surface area (Å²) in [7, 11) is 0. The minimum atomic E-state index is -0.787. The van der Waals surface area contributed by atoms with Crippen LogP contribution in [0.4, 0.5) is 5.69 Å². The molecule has 1 aromatic rings. The molecule has 1 amide bonds. The number of carbonyl (C=O) groups excluding carboxylic acids is 1. The van der Waals surface area contributed by atoms with Gasteiger partial charge in [0.2, 0.25) is 0 Å². The lowest BCUT2D eigenvalue weighted by molar-refractivity contribution is -0.139. The van der Waals surface area contributed by atoms with Crippen molar-refractivity contribution in [2.24, 2.45) is 5.92 Å². The van der Waals surface area contributed by atoms with Crippen LogP contribution in [0.1, 0.15) is 72.6 Å². The lowest BCUT2D eigenvalue weighted by Crippen LogP contribution is -2.42. The molecule has 0 unspecified atom stereocenters. The molecule has 30 heavy (non-hydrogen) atoms. The van der Waals surface area contributed by atoms with E-state index in [0.717, 1.165) is 62.6 Å². The number of hydrogen-bond acceptors (Lipinski definition) is 4. The van der Waals surface area contributed by atoms with Crippen molar-refractivity contribution < 1.29 is 14.3 Å². The lowest BCUT2D eigenvalue weighted by Gasteiger charge is -2.30. The molecule has 1 fully saturated rings. The maximum absolute atomic E-state index is 12.8. The molecule has 1 saturated heterocycles. The Morgan fingerprint density at radius 2 is 1.97 bits per heavy atom. The molecule has 0 aliphatic carbocycles. The summed E-state index contributed by atoms with van der Waals surface area (Å²) in [6.07, 6.45) is 7.67. The van der Waals surface area contributed by atoms with Gasteiger partial charge in [0.05, 0.1) is 6.61 Å². The van der Waals surface area contributed by atoms with Gasteiger partial charge in [-0.25, -0.2) is 0 Å². The van der Waals surface area contributed by atoms with Crippen LogP contribution in [-0.2, 0) is 9.53 Å². The van der Waals surface area contributed by atoms with Crippen molar-refractivity contribution in [2.45, 2.75) is 78.2 Å². The van der Waals surface area contributed by atoms with Gasteiger partial charge in [-0.1, -0.05) is 33.1 Å². The minimum Gasteiger partial charge on any atom is -0.494 e. The van der Waals surface area contributed by atoms with Crippen molar-refractivity contribution >= 4 is 11.6 Å². The average Bonchev–Trinajstić information content (AvgIpc) is 2.73. The molecule has 1 N–H and O–H groups in total. The van der Waals surface area contributed by atoms with Gasteiger partial charge in [0, 0.05) is 25.4 Å². The first-order valence-corrected chi connectivity index (χ1v) is 11.9. The highest BCUT2D eigenvalue weighted by atomic mass is 16.5. The summed E-state index contributed by atoms with van der Waals surface area (Å²) in [5.74, 6) is 1.58. The Kier molecular flexibility index (Phi) is 10.7. The van der Waals surface area contributed by atoms with Crippen LogP contribution in [-0.4, -0.2) is 49.3 Å². The molecule has 1 heterocycles. The number of piperidine rings is 1. The third-order valence-electron chi connectivity index (χ3n) is 5.94. The van der Waals surface area contributed by atoms with E-state index in [4.69, 9.17) is 9.47 Å². The highest BCUT2D eigenvalue weighted by Crippen LogP contribution is 2.23. The molecule has 0 radical (unpaired) electrons. The van der Waals surface area contributed by atoms with E-state index in [9.17, 15) is 4.79 Å². The van der Waals surface area contributed by atoms with Crippen molar-refractivity contribution in [1.82, 2.24) is 4.90 Å². The van der Waals surface area contributed by atoms with Crippen molar-refractivity contribution in [3.8, 4) is 5.75 Å². The number of amides is 1. The number of carbonyl (C=O) groups is 1. The summed E-state index contributed by atoms with van der Waals surface area (Å²) < 4.78 is 11.7. The first kappa shape index (κ1) is 24.7. The normalized spacial score (nSPS) is 19.3. The van der Waals surface area contributed by atoms with Crippen LogP contribution in [0.3, 0.4) is 0 Å². The quantitative estimate of drug-likeness (QED) is 0.430. The van der Waals surface area contributed by atoms with Gasteiger partial charge in [-0.15, -0.1) is 0 Å². The Labute approximate surface area is 183 Å². The third-order valence-corrected chi connectivity index (χ3v) is 5.94. The van der Waals surface area contributed by atoms with Crippen molar-refractivity contribution in [3.63, 3.8) is 0 Å². The first-order valence-electron chi connectivity index (χ1n) is 11.9. The van der Waals surface area contributed by atoms with E-state index in [-0.39, 0.29) is 5.91 Å². The summed E-state index contributed by atoms with van der Waals surface area (Å²) in [5, 5.41) is 3.01. The van der Waals surface area contributed by atoms with Crippen molar-refractivity contribution in [2.75, 3.05) is 38.2 Å². The Balaban J connectivity index is 1.76. The zero-order chi connectivity index (χ0) is 21.8. The number of benzene rings is 1. The van der Waals surface area contributed by atoms with E-state index in [1.54, 1.807) is 0 Å². The number of likely N-dealkylation sites (tertiary alicyclic amines) is 1. The standard InChI is InChI=1S/C25H42N2O3/c1-5-7-8-16-25(4,30-6-2)24(28)26-22-12-14-23(15-13-22)29-19-10-18-27-17-9-11-21(3)20-27/h12-15,21H,5-11,16-20H2,1-4H3,(H,26,28)/t21-,25+/m1/s1. The SMILES string of the molecule is CCCCC[C@](C)(OCC)C(=O)Nc1ccc(OCCCN2CCC[C@@H](C)C2)cc1. The van der Waals surface area contributed by atoms with Crippen LogP contribution in [0, 0.1) is 5.92 Å². The summed E-state index contributed by atoms with van der Waals surface area (Å²) in [4.78, 5) is 15.4. The molecule has 5 heteroatoms. The molecular formula is C25H42N2O3. The Morgan fingerprint density at radius 1 is 1.20 bits per heavy atom. The molecule has 5 nitrogen and oxygen atoms in total. The second-order valence-electron chi connectivity index (χ2n) is 8.85. The van der Waals surface area contributed by atoms with Gasteiger partial charge < -0.3 is 19.7 Å². The van der Waals surface area contributed by atoms with Gasteiger partial charge >= 0.3 is 0 Å². The van der Waals surface area contributed by atoms with Crippen molar-refractivity contribution in [3.05, 3.63) is 24.3 Å². The van der Waals surface area contributed by atoms with Gasteiger partial charge in [0.1, 0.15) is 11.4 Å². The van der Waals surface area contributed by atoms with Crippen LogP contribution in [0.2, 0.25) is 0 Å². The molecule has 0 bridgehead atoms. The third kappa shape index (κ3) is 8.27. The van der Waals surface area contributed by atoms with Gasteiger partial charge in [-0.3, -0.25) is 4.79 Å². The van der Waals surface area contributed by atoms with E-state index in [1.807, 2.05) is 38.1 Å². The zero-order valence-corrected chi connectivity index (χ0v) is 19.5. The highest BCUT2D eigenvalue weighted by molar-refractivity contribution is 5.97. The molecular weight excluding hydrogens is 376 g/mol. The maximum atomic E-state index is 12.8. The predicted molar refractivity (Wildman–Crippen MR) is 124 cm³/mol. The van der Waals surface area contributed by atoms with E-state index in [0.29, 0.717) is 6.61 Å². The summed E-state index contributed by atoms with van der Waals surface area (Å²) in [6.45, 7) is 13.1. The molecule has 2 atom stereocenters. The Hall–Kier alpha value is -1.59. The summed E-state index contributed by atoms with van der Waals surface area (Å²) in [6, 6.07) is 7.65. The smallest absolute Gasteiger partial charge is 0.256 e. The first-order chi connectivity index (χ1) is 14.5. The van der Waals surface area contributed by atoms with E-state index in [2.05, 4.69) is 24.1 Å². The molecule has 0 spiro atoms. The largest absolute Gasteiger partial charge is 0.494 e. The molecule has 2 rings (SSSR count). The van der Waals surface area contributed by atoms with Crippen LogP contribution < -0.4 is 10.1 Å². The van der Waals surface area contributed by atoms with Gasteiger partial charge in [0.15, 0.2) is 0 Å². The van der Waals surface area contributed by atoms with Gasteiger partial charge in [-0.2, -0.15) is 0 Å². The Bertz CT molecular complexity index is 619. The van der Waals surface area contributed by atoms with E-state index >= 15 is 0 Å². The van der Waals surface area contributed by atoms with Crippen LogP contribution in [0.25, 0.3) is 0 Å². The van der Waals surface area contributed by atoms with Crippen LogP contribution >= 0.6 is 0 Å². The fourth-order valence-electron chi connectivity index (χ4n) is 4.15. The zero-order valence-electron chi connectivity index (χ0n) is 19.5. The highest BCUT2D eigenvalue weighted by Gasteiger charge is 2.33. The van der Waals surface area contributed by atoms with Gasteiger partial charge in [-0.05, 0) is 76.3 Å². The number of ether oxygens (including phenoxy) is 2. The minimum absolute atomic E-state index is 0.0788. The summed E-state index contributed by atoms with van der Waals surface area (Å²) in [5.41, 5.74) is -0.0125.